The van der Waals surface area contributed by atoms with Gasteiger partial charge in [0.1, 0.15) is 11.9 Å². The number of amides is 2. The van der Waals surface area contributed by atoms with Gasteiger partial charge in [-0.15, -0.1) is 0 Å². The van der Waals surface area contributed by atoms with Crippen molar-refractivity contribution >= 4 is 11.7 Å². The van der Waals surface area contributed by atoms with Crippen LogP contribution in [0.5, 0.6) is 0 Å². The number of nitriles is 1. The molecule has 0 atom stereocenters. The molecular formula is C27H32FN5O. The highest BCUT2D eigenvalue weighted by atomic mass is 19.1. The van der Waals surface area contributed by atoms with E-state index in [4.69, 9.17) is 5.26 Å². The Morgan fingerprint density at radius 1 is 1.12 bits per heavy atom. The highest BCUT2D eigenvalue weighted by Gasteiger charge is 2.43. The van der Waals surface area contributed by atoms with Gasteiger partial charge in [-0.05, 0) is 74.0 Å². The van der Waals surface area contributed by atoms with Crippen LogP contribution in [0.1, 0.15) is 56.4 Å². The van der Waals surface area contributed by atoms with E-state index in [1.165, 1.54) is 6.07 Å². The van der Waals surface area contributed by atoms with Crippen molar-refractivity contribution in [3.63, 3.8) is 0 Å². The number of benzene rings is 1. The maximum atomic E-state index is 13.9. The number of hydrogen-bond acceptors (Lipinski definition) is 4. The first kappa shape index (κ1) is 22.8. The number of carbonyl (C=O) groups is 1. The second-order valence-electron chi connectivity index (χ2n) is 10.8. The number of rotatable bonds is 2. The summed E-state index contributed by atoms with van der Waals surface area (Å²) in [6, 6.07) is 10.8. The maximum absolute atomic E-state index is 13.9. The Morgan fingerprint density at radius 2 is 1.82 bits per heavy atom. The van der Waals surface area contributed by atoms with Crippen molar-refractivity contribution in [2.75, 3.05) is 37.6 Å². The van der Waals surface area contributed by atoms with Gasteiger partial charge in [0, 0.05) is 37.8 Å². The normalized spacial score (nSPS) is 21.4. The molecule has 2 saturated heterocycles. The Bertz CT molecular complexity index is 1120. The number of likely N-dealkylation sites (tertiary alicyclic amines) is 2. The SMILES string of the molecule is CC1(C)CN(C(=O)N2CCC3(CCN(Cc4ccc(C#N)c(F)c4)CC3)CC2)c2cccnc21. The number of hydrogen-bond donors (Lipinski definition) is 0. The van der Waals surface area contributed by atoms with E-state index in [9.17, 15) is 9.18 Å². The van der Waals surface area contributed by atoms with E-state index in [1.807, 2.05) is 40.3 Å². The minimum Gasteiger partial charge on any atom is -0.324 e. The molecule has 2 aromatic rings. The van der Waals surface area contributed by atoms with Crippen molar-refractivity contribution in [2.24, 2.45) is 5.41 Å². The number of aromatic nitrogens is 1. The number of pyridine rings is 1. The molecule has 3 aliphatic heterocycles. The zero-order valence-electron chi connectivity index (χ0n) is 20.1. The molecule has 34 heavy (non-hydrogen) atoms. The van der Waals surface area contributed by atoms with Crippen LogP contribution in [0.4, 0.5) is 14.9 Å². The number of fused-ring (bicyclic) bond motifs is 1. The average molecular weight is 462 g/mol. The fraction of sp³-hybridized carbons (Fsp3) is 0.519. The van der Waals surface area contributed by atoms with Crippen molar-refractivity contribution in [2.45, 2.75) is 51.5 Å². The van der Waals surface area contributed by atoms with Crippen LogP contribution in [0.3, 0.4) is 0 Å². The number of halogens is 1. The number of piperidine rings is 2. The Morgan fingerprint density at radius 3 is 2.50 bits per heavy atom. The number of anilines is 1. The fourth-order valence-corrected chi connectivity index (χ4v) is 5.90. The Kier molecular flexibility index (Phi) is 5.81. The molecule has 0 N–H and O–H groups in total. The van der Waals surface area contributed by atoms with Crippen LogP contribution in [-0.2, 0) is 12.0 Å². The molecule has 0 bridgehead atoms. The van der Waals surface area contributed by atoms with Gasteiger partial charge in [-0.2, -0.15) is 5.26 Å². The molecule has 0 aliphatic carbocycles. The van der Waals surface area contributed by atoms with Crippen LogP contribution in [0, 0.1) is 22.6 Å². The Balaban J connectivity index is 1.16. The van der Waals surface area contributed by atoms with Gasteiger partial charge in [0.15, 0.2) is 0 Å². The second-order valence-corrected chi connectivity index (χ2v) is 10.8. The van der Waals surface area contributed by atoms with Crippen molar-refractivity contribution < 1.29 is 9.18 Å². The molecule has 4 heterocycles. The monoisotopic (exact) mass is 461 g/mol. The van der Waals surface area contributed by atoms with E-state index in [-0.39, 0.29) is 17.0 Å². The van der Waals surface area contributed by atoms with Gasteiger partial charge in [-0.3, -0.25) is 14.8 Å². The van der Waals surface area contributed by atoms with Gasteiger partial charge < -0.3 is 4.90 Å². The largest absolute Gasteiger partial charge is 0.324 e. The van der Waals surface area contributed by atoms with Crippen molar-refractivity contribution in [3.05, 3.63) is 59.2 Å². The molecule has 0 unspecified atom stereocenters. The van der Waals surface area contributed by atoms with Gasteiger partial charge in [0.05, 0.1) is 16.9 Å². The van der Waals surface area contributed by atoms with Gasteiger partial charge in [-0.1, -0.05) is 19.9 Å². The number of nitrogens with zero attached hydrogens (tertiary/aromatic N) is 5. The molecule has 6 nitrogen and oxygen atoms in total. The highest BCUT2D eigenvalue weighted by Crippen LogP contribution is 2.43. The van der Waals surface area contributed by atoms with E-state index in [2.05, 4.69) is 23.7 Å². The highest BCUT2D eigenvalue weighted by molar-refractivity contribution is 5.94. The predicted octanol–water partition coefficient (Wildman–Crippen LogP) is 4.69. The summed E-state index contributed by atoms with van der Waals surface area (Å²) in [4.78, 5) is 24.3. The maximum Gasteiger partial charge on any atom is 0.324 e. The quantitative estimate of drug-likeness (QED) is 0.651. The summed E-state index contributed by atoms with van der Waals surface area (Å²) in [6.45, 7) is 9.24. The molecule has 178 valence electrons. The smallest absolute Gasteiger partial charge is 0.324 e. The predicted molar refractivity (Wildman–Crippen MR) is 129 cm³/mol. The topological polar surface area (TPSA) is 63.5 Å². The lowest BCUT2D eigenvalue weighted by molar-refractivity contribution is 0.0433. The third kappa shape index (κ3) is 4.16. The van der Waals surface area contributed by atoms with Crippen LogP contribution in [0.25, 0.3) is 0 Å². The molecule has 7 heteroatoms. The second kappa shape index (κ2) is 8.66. The molecule has 1 aromatic carbocycles. The van der Waals surface area contributed by atoms with E-state index in [0.29, 0.717) is 18.5 Å². The summed E-state index contributed by atoms with van der Waals surface area (Å²) >= 11 is 0. The summed E-state index contributed by atoms with van der Waals surface area (Å²) in [5.74, 6) is -0.440. The zero-order valence-corrected chi connectivity index (χ0v) is 20.1. The first-order valence-electron chi connectivity index (χ1n) is 12.2. The van der Waals surface area contributed by atoms with Crippen LogP contribution >= 0.6 is 0 Å². The molecular weight excluding hydrogens is 429 g/mol. The molecule has 2 fully saturated rings. The lowest BCUT2D eigenvalue weighted by Gasteiger charge is -2.47. The van der Waals surface area contributed by atoms with Gasteiger partial charge >= 0.3 is 6.03 Å². The van der Waals surface area contributed by atoms with E-state index >= 15 is 0 Å². The third-order valence-corrected chi connectivity index (χ3v) is 8.07. The molecule has 3 aliphatic rings. The standard InChI is InChI=1S/C27H32FN5O/c1-26(2)19-33(23-4-3-11-30-24(23)26)25(34)32-14-9-27(10-15-32)7-12-31(13-8-27)18-20-5-6-21(17-29)22(28)16-20/h3-6,11,16H,7-10,12-15,18-19H2,1-2H3. The van der Waals surface area contributed by atoms with Crippen molar-refractivity contribution in [3.8, 4) is 6.07 Å². The summed E-state index contributed by atoms with van der Waals surface area (Å²) in [6.07, 6.45) is 6.10. The molecule has 1 spiro atoms. The lowest BCUT2D eigenvalue weighted by atomic mass is 9.71. The van der Waals surface area contributed by atoms with Crippen molar-refractivity contribution in [1.29, 1.82) is 5.26 Å². The molecule has 1 aromatic heterocycles. The van der Waals surface area contributed by atoms with Crippen molar-refractivity contribution in [1.82, 2.24) is 14.8 Å². The van der Waals surface area contributed by atoms with Crippen LogP contribution in [0.15, 0.2) is 36.5 Å². The van der Waals surface area contributed by atoms with Crippen LogP contribution in [-0.4, -0.2) is 53.5 Å². The molecule has 0 saturated carbocycles. The van der Waals surface area contributed by atoms with Crippen LogP contribution in [0.2, 0.25) is 0 Å². The average Bonchev–Trinajstić information content (AvgIpc) is 3.12. The summed E-state index contributed by atoms with van der Waals surface area (Å²) in [5.41, 5.74) is 3.13. The van der Waals surface area contributed by atoms with Crippen LogP contribution < -0.4 is 4.90 Å². The minimum atomic E-state index is -0.440. The first-order valence-corrected chi connectivity index (χ1v) is 12.2. The zero-order chi connectivity index (χ0) is 23.9. The molecule has 0 radical (unpaired) electrons. The molecule has 5 rings (SSSR count). The summed E-state index contributed by atoms with van der Waals surface area (Å²) in [7, 11) is 0. The van der Waals surface area contributed by atoms with Gasteiger partial charge in [0.2, 0.25) is 0 Å². The third-order valence-electron chi connectivity index (χ3n) is 8.07. The first-order chi connectivity index (χ1) is 16.3. The molecule has 2 amide bonds. The van der Waals surface area contributed by atoms with E-state index < -0.39 is 5.82 Å². The number of urea groups is 1. The summed E-state index contributed by atoms with van der Waals surface area (Å²) in [5, 5.41) is 8.92. The fourth-order valence-electron chi connectivity index (χ4n) is 5.90. The Hall–Kier alpha value is -2.98. The Labute approximate surface area is 201 Å². The van der Waals surface area contributed by atoms with E-state index in [1.54, 1.807) is 6.07 Å². The van der Waals surface area contributed by atoms with Gasteiger partial charge in [-0.25, -0.2) is 9.18 Å². The van der Waals surface area contributed by atoms with Gasteiger partial charge in [0.25, 0.3) is 0 Å². The number of carbonyl (C=O) groups excluding carboxylic acids is 1. The summed E-state index contributed by atoms with van der Waals surface area (Å²) < 4.78 is 13.9. The van der Waals surface area contributed by atoms with E-state index in [0.717, 1.165) is 68.8 Å². The minimum absolute atomic E-state index is 0.0971. The lowest BCUT2D eigenvalue weighted by Crippen LogP contribution is -2.51.